The molecule has 1 amide bonds. The molecule has 150 valence electrons. The molecule has 0 saturated carbocycles. The quantitative estimate of drug-likeness (QED) is 0.618. The molecule has 0 atom stereocenters. The third-order valence-electron chi connectivity index (χ3n) is 4.62. The maximum Gasteiger partial charge on any atom is 0.270 e. The number of carbonyl (C=O) groups is 1. The molecule has 0 aliphatic rings. The zero-order chi connectivity index (χ0) is 20.9. The normalized spacial score (nSPS) is 11.0. The molecule has 2 N–H and O–H groups in total. The van der Waals surface area contributed by atoms with Crippen LogP contribution in [0.5, 0.6) is 5.75 Å². The summed E-state index contributed by atoms with van der Waals surface area (Å²) in [5.41, 5.74) is 4.51. The Labute approximate surface area is 172 Å². The van der Waals surface area contributed by atoms with Gasteiger partial charge in [0, 0.05) is 12.2 Å². The summed E-state index contributed by atoms with van der Waals surface area (Å²) in [7, 11) is 1.63. The van der Waals surface area contributed by atoms with E-state index >= 15 is 0 Å². The summed E-state index contributed by atoms with van der Waals surface area (Å²) >= 11 is 0. The molecule has 1 heterocycles. The maximum absolute atomic E-state index is 12.4. The molecule has 0 aliphatic carbocycles. The number of hydrogen-bond donors (Lipinski definition) is 2. The van der Waals surface area contributed by atoms with E-state index in [0.717, 1.165) is 22.7 Å². The Morgan fingerprint density at radius 1 is 1.00 bits per heavy atom. The molecule has 0 saturated heterocycles. The van der Waals surface area contributed by atoms with Gasteiger partial charge in [-0.25, -0.2) is 4.98 Å². The van der Waals surface area contributed by atoms with Gasteiger partial charge >= 0.3 is 0 Å². The molecular formula is C24H27N3O2. The number of nitrogens with one attached hydrogen (secondary N) is 2. The van der Waals surface area contributed by atoms with Crippen molar-refractivity contribution < 1.29 is 9.53 Å². The molecule has 0 bridgehead atoms. The second kappa shape index (κ2) is 8.78. The zero-order valence-electron chi connectivity index (χ0n) is 17.3. The van der Waals surface area contributed by atoms with Crippen molar-refractivity contribution in [3.63, 3.8) is 0 Å². The summed E-state index contributed by atoms with van der Waals surface area (Å²) in [5, 5.41) is 6.30. The van der Waals surface area contributed by atoms with Crippen molar-refractivity contribution in [1.29, 1.82) is 0 Å². The van der Waals surface area contributed by atoms with E-state index in [1.54, 1.807) is 19.4 Å². The van der Waals surface area contributed by atoms with Gasteiger partial charge in [-0.1, -0.05) is 51.1 Å². The number of methoxy groups -OCH3 is 1. The number of pyridine rings is 1. The van der Waals surface area contributed by atoms with Gasteiger partial charge in [0.15, 0.2) is 0 Å². The largest absolute Gasteiger partial charge is 0.497 e. The molecule has 0 aliphatic heterocycles. The van der Waals surface area contributed by atoms with E-state index in [1.807, 2.05) is 42.5 Å². The van der Waals surface area contributed by atoms with Gasteiger partial charge in [-0.2, -0.15) is 0 Å². The van der Waals surface area contributed by atoms with Crippen molar-refractivity contribution in [3.05, 3.63) is 83.7 Å². The van der Waals surface area contributed by atoms with Crippen LogP contribution >= 0.6 is 0 Å². The number of nitrogens with zero attached hydrogens (tertiary/aromatic N) is 1. The molecule has 1 aromatic heterocycles. The highest BCUT2D eigenvalue weighted by Gasteiger charge is 2.17. The summed E-state index contributed by atoms with van der Waals surface area (Å²) in [6, 6.07) is 19.4. The minimum absolute atomic E-state index is 0.0261. The average molecular weight is 389 g/mol. The highest BCUT2D eigenvalue weighted by atomic mass is 16.5. The summed E-state index contributed by atoms with van der Waals surface area (Å²) in [5.74, 6) is 0.584. The van der Waals surface area contributed by atoms with Crippen molar-refractivity contribution in [2.24, 2.45) is 0 Å². The van der Waals surface area contributed by atoms with Crippen molar-refractivity contribution in [2.45, 2.75) is 32.7 Å². The van der Waals surface area contributed by atoms with Crippen molar-refractivity contribution in [3.8, 4) is 5.75 Å². The lowest BCUT2D eigenvalue weighted by molar-refractivity contribution is 0.0946. The van der Waals surface area contributed by atoms with Gasteiger partial charge in [-0.3, -0.25) is 4.79 Å². The SMILES string of the molecule is COc1ccc(CNC(=O)c2ccc(Nc3ccccc3C(C)(C)C)cn2)cc1. The Kier molecular flexibility index (Phi) is 6.17. The zero-order valence-corrected chi connectivity index (χ0v) is 17.3. The topological polar surface area (TPSA) is 63.2 Å². The van der Waals surface area contributed by atoms with Crippen LogP contribution in [0.15, 0.2) is 66.9 Å². The lowest BCUT2D eigenvalue weighted by atomic mass is 9.86. The number of aromatic nitrogens is 1. The minimum atomic E-state index is -0.206. The first-order valence-corrected chi connectivity index (χ1v) is 9.60. The van der Waals surface area contributed by atoms with E-state index in [2.05, 4.69) is 48.5 Å². The maximum atomic E-state index is 12.4. The highest BCUT2D eigenvalue weighted by molar-refractivity contribution is 5.92. The lowest BCUT2D eigenvalue weighted by Gasteiger charge is -2.23. The molecule has 5 heteroatoms. The van der Waals surface area contributed by atoms with Gasteiger partial charge < -0.3 is 15.4 Å². The van der Waals surface area contributed by atoms with E-state index < -0.39 is 0 Å². The fourth-order valence-corrected chi connectivity index (χ4v) is 3.02. The van der Waals surface area contributed by atoms with E-state index in [9.17, 15) is 4.79 Å². The summed E-state index contributed by atoms with van der Waals surface area (Å²) in [6.45, 7) is 6.98. The second-order valence-corrected chi connectivity index (χ2v) is 7.88. The lowest BCUT2D eigenvalue weighted by Crippen LogP contribution is -2.23. The number of benzene rings is 2. The molecule has 0 fully saturated rings. The first-order valence-electron chi connectivity index (χ1n) is 9.60. The van der Waals surface area contributed by atoms with Gasteiger partial charge in [-0.15, -0.1) is 0 Å². The third kappa shape index (κ3) is 5.35. The Balaban J connectivity index is 1.63. The van der Waals surface area contributed by atoms with Gasteiger partial charge in [-0.05, 0) is 46.9 Å². The number of rotatable bonds is 6. The van der Waals surface area contributed by atoms with E-state index in [0.29, 0.717) is 12.2 Å². The van der Waals surface area contributed by atoms with Crippen molar-refractivity contribution in [2.75, 3.05) is 12.4 Å². The molecule has 0 unspecified atom stereocenters. The van der Waals surface area contributed by atoms with E-state index in [4.69, 9.17) is 4.74 Å². The molecule has 0 radical (unpaired) electrons. The van der Waals surface area contributed by atoms with Crippen molar-refractivity contribution >= 4 is 17.3 Å². The van der Waals surface area contributed by atoms with Gasteiger partial charge in [0.1, 0.15) is 11.4 Å². The van der Waals surface area contributed by atoms with Crippen LogP contribution in [-0.4, -0.2) is 18.0 Å². The van der Waals surface area contributed by atoms with E-state index in [-0.39, 0.29) is 11.3 Å². The molecule has 2 aromatic carbocycles. The van der Waals surface area contributed by atoms with Crippen LogP contribution in [0.1, 0.15) is 42.4 Å². The van der Waals surface area contributed by atoms with Crippen LogP contribution in [-0.2, 0) is 12.0 Å². The number of amides is 1. The first-order chi connectivity index (χ1) is 13.9. The number of ether oxygens (including phenoxy) is 1. The third-order valence-corrected chi connectivity index (χ3v) is 4.62. The smallest absolute Gasteiger partial charge is 0.270 e. The standard InChI is InChI=1S/C24H27N3O2/c1-24(2,3)20-7-5-6-8-21(20)27-18-11-14-22(25-16-18)23(28)26-15-17-9-12-19(29-4)13-10-17/h5-14,16,27H,15H2,1-4H3,(H,26,28). The molecule has 3 aromatic rings. The Bertz CT molecular complexity index is 959. The Hall–Kier alpha value is -3.34. The Morgan fingerprint density at radius 2 is 1.72 bits per heavy atom. The predicted octanol–water partition coefficient (Wildman–Crippen LogP) is 5.06. The number of carbonyl (C=O) groups excluding carboxylic acids is 1. The summed E-state index contributed by atoms with van der Waals surface area (Å²) in [6.07, 6.45) is 1.68. The molecule has 29 heavy (non-hydrogen) atoms. The monoisotopic (exact) mass is 389 g/mol. The molecule has 3 rings (SSSR count). The average Bonchev–Trinajstić information content (AvgIpc) is 2.72. The number of para-hydroxylation sites is 1. The fourth-order valence-electron chi connectivity index (χ4n) is 3.02. The molecule has 5 nitrogen and oxygen atoms in total. The number of anilines is 2. The van der Waals surface area contributed by atoms with Crippen LogP contribution in [0.3, 0.4) is 0 Å². The fraction of sp³-hybridized carbons (Fsp3) is 0.250. The van der Waals surface area contributed by atoms with Crippen LogP contribution in [0.25, 0.3) is 0 Å². The first kappa shape index (κ1) is 20.4. The van der Waals surface area contributed by atoms with Crippen LogP contribution < -0.4 is 15.4 Å². The minimum Gasteiger partial charge on any atom is -0.497 e. The van der Waals surface area contributed by atoms with Crippen molar-refractivity contribution in [1.82, 2.24) is 10.3 Å². The predicted molar refractivity (Wildman–Crippen MR) is 117 cm³/mol. The molecule has 0 spiro atoms. The van der Waals surface area contributed by atoms with Crippen LogP contribution in [0.4, 0.5) is 11.4 Å². The van der Waals surface area contributed by atoms with Crippen LogP contribution in [0.2, 0.25) is 0 Å². The highest BCUT2D eigenvalue weighted by Crippen LogP contribution is 2.31. The Morgan fingerprint density at radius 3 is 2.34 bits per heavy atom. The number of hydrogen-bond acceptors (Lipinski definition) is 4. The van der Waals surface area contributed by atoms with Gasteiger partial charge in [0.2, 0.25) is 0 Å². The summed E-state index contributed by atoms with van der Waals surface area (Å²) in [4.78, 5) is 16.7. The van der Waals surface area contributed by atoms with E-state index in [1.165, 1.54) is 5.56 Å². The second-order valence-electron chi connectivity index (χ2n) is 7.88. The summed E-state index contributed by atoms with van der Waals surface area (Å²) < 4.78 is 5.14. The van der Waals surface area contributed by atoms with Gasteiger partial charge in [0.05, 0.1) is 19.0 Å². The van der Waals surface area contributed by atoms with Gasteiger partial charge in [0.25, 0.3) is 5.91 Å². The molecular weight excluding hydrogens is 362 g/mol. The van der Waals surface area contributed by atoms with Crippen LogP contribution in [0, 0.1) is 0 Å².